The zero-order valence-corrected chi connectivity index (χ0v) is 10.1. The summed E-state index contributed by atoms with van der Waals surface area (Å²) in [4.78, 5) is 4.62. The third-order valence-electron chi connectivity index (χ3n) is 2.70. The molecular formula is C14H18N2O. The highest BCUT2D eigenvalue weighted by molar-refractivity contribution is 5.78. The van der Waals surface area contributed by atoms with Crippen LogP contribution >= 0.6 is 0 Å². The molecule has 0 amide bonds. The molecule has 1 aromatic carbocycles. The van der Waals surface area contributed by atoms with E-state index < -0.39 is 0 Å². The van der Waals surface area contributed by atoms with Crippen LogP contribution in [0.25, 0.3) is 10.9 Å². The van der Waals surface area contributed by atoms with Crippen molar-refractivity contribution >= 4 is 10.9 Å². The van der Waals surface area contributed by atoms with E-state index in [1.165, 1.54) is 5.39 Å². The van der Waals surface area contributed by atoms with Crippen LogP contribution in [-0.4, -0.2) is 31.8 Å². The van der Waals surface area contributed by atoms with Crippen LogP contribution in [0.1, 0.15) is 5.69 Å². The van der Waals surface area contributed by atoms with Crippen molar-refractivity contribution in [2.45, 2.75) is 6.42 Å². The van der Waals surface area contributed by atoms with Gasteiger partial charge >= 0.3 is 0 Å². The molecule has 0 bridgehead atoms. The highest BCUT2D eigenvalue weighted by Gasteiger charge is 1.97. The van der Waals surface area contributed by atoms with Gasteiger partial charge in [0.25, 0.3) is 0 Å². The highest BCUT2D eigenvalue weighted by atomic mass is 16.5. The van der Waals surface area contributed by atoms with Crippen LogP contribution in [0.15, 0.2) is 36.4 Å². The molecule has 17 heavy (non-hydrogen) atoms. The fourth-order valence-corrected chi connectivity index (χ4v) is 1.76. The molecule has 0 atom stereocenters. The predicted octanol–water partition coefficient (Wildman–Crippen LogP) is 2.01. The first-order chi connectivity index (χ1) is 8.40. The molecule has 1 N–H and O–H groups in total. The minimum absolute atomic E-state index is 0.755. The third kappa shape index (κ3) is 3.51. The Morgan fingerprint density at radius 3 is 2.88 bits per heavy atom. The van der Waals surface area contributed by atoms with Crippen molar-refractivity contribution in [1.29, 1.82) is 0 Å². The second-order valence-corrected chi connectivity index (χ2v) is 3.99. The monoisotopic (exact) mass is 230 g/mol. The number of hydrogen-bond donors (Lipinski definition) is 1. The lowest BCUT2D eigenvalue weighted by atomic mass is 10.2. The summed E-state index contributed by atoms with van der Waals surface area (Å²) in [6.07, 6.45) is 0.953. The second-order valence-electron chi connectivity index (χ2n) is 3.99. The SMILES string of the molecule is COCCNCCc1ccc2ccccc2n1. The number of pyridine rings is 1. The molecule has 2 rings (SSSR count). The molecule has 3 heteroatoms. The van der Waals surface area contributed by atoms with Crippen molar-refractivity contribution in [3.63, 3.8) is 0 Å². The smallest absolute Gasteiger partial charge is 0.0705 e. The first-order valence-corrected chi connectivity index (χ1v) is 5.94. The van der Waals surface area contributed by atoms with Crippen molar-refractivity contribution in [1.82, 2.24) is 10.3 Å². The van der Waals surface area contributed by atoms with Crippen molar-refractivity contribution in [2.24, 2.45) is 0 Å². The van der Waals surface area contributed by atoms with Crippen LogP contribution in [0.2, 0.25) is 0 Å². The lowest BCUT2D eigenvalue weighted by Crippen LogP contribution is -2.21. The molecule has 0 aliphatic carbocycles. The normalized spacial score (nSPS) is 10.9. The minimum Gasteiger partial charge on any atom is -0.383 e. The summed E-state index contributed by atoms with van der Waals surface area (Å²) in [6.45, 7) is 2.59. The van der Waals surface area contributed by atoms with Gasteiger partial charge in [0.15, 0.2) is 0 Å². The maximum Gasteiger partial charge on any atom is 0.0705 e. The number of aromatic nitrogens is 1. The Morgan fingerprint density at radius 2 is 2.00 bits per heavy atom. The van der Waals surface area contributed by atoms with E-state index >= 15 is 0 Å². The summed E-state index contributed by atoms with van der Waals surface area (Å²) >= 11 is 0. The molecular weight excluding hydrogens is 212 g/mol. The number of benzene rings is 1. The fraction of sp³-hybridized carbons (Fsp3) is 0.357. The summed E-state index contributed by atoms with van der Waals surface area (Å²) in [6, 6.07) is 12.4. The van der Waals surface area contributed by atoms with Crippen LogP contribution in [0, 0.1) is 0 Å². The lowest BCUT2D eigenvalue weighted by Gasteiger charge is -2.04. The Hall–Kier alpha value is -1.45. The number of fused-ring (bicyclic) bond motifs is 1. The van der Waals surface area contributed by atoms with Crippen LogP contribution < -0.4 is 5.32 Å². The van der Waals surface area contributed by atoms with Crippen LogP contribution in [-0.2, 0) is 11.2 Å². The molecule has 0 aliphatic rings. The second kappa shape index (κ2) is 6.33. The van der Waals surface area contributed by atoms with Gasteiger partial charge in [0, 0.05) is 37.7 Å². The van der Waals surface area contributed by atoms with Crippen molar-refractivity contribution in [2.75, 3.05) is 26.8 Å². The van der Waals surface area contributed by atoms with E-state index in [9.17, 15) is 0 Å². The van der Waals surface area contributed by atoms with Gasteiger partial charge in [-0.1, -0.05) is 24.3 Å². The van der Waals surface area contributed by atoms with Crippen LogP contribution in [0.4, 0.5) is 0 Å². The van der Waals surface area contributed by atoms with Crippen molar-refractivity contribution < 1.29 is 4.74 Å². The number of hydrogen-bond acceptors (Lipinski definition) is 3. The van der Waals surface area contributed by atoms with E-state index in [2.05, 4.69) is 34.6 Å². The molecule has 0 radical (unpaired) electrons. The van der Waals surface area contributed by atoms with Gasteiger partial charge < -0.3 is 10.1 Å². The summed E-state index contributed by atoms with van der Waals surface area (Å²) < 4.78 is 4.97. The fourth-order valence-electron chi connectivity index (χ4n) is 1.76. The Labute approximate surface area is 102 Å². The van der Waals surface area contributed by atoms with Crippen LogP contribution in [0.5, 0.6) is 0 Å². The summed E-state index contributed by atoms with van der Waals surface area (Å²) in [7, 11) is 1.71. The maximum absolute atomic E-state index is 4.97. The summed E-state index contributed by atoms with van der Waals surface area (Å²) in [5, 5.41) is 4.52. The maximum atomic E-state index is 4.97. The third-order valence-corrected chi connectivity index (χ3v) is 2.70. The Balaban J connectivity index is 1.90. The van der Waals surface area contributed by atoms with Crippen LogP contribution in [0.3, 0.4) is 0 Å². The molecule has 0 unspecified atom stereocenters. The number of rotatable bonds is 6. The average molecular weight is 230 g/mol. The molecule has 0 saturated carbocycles. The number of ether oxygens (including phenoxy) is 1. The molecule has 1 heterocycles. The summed E-state index contributed by atoms with van der Waals surface area (Å²) in [5.41, 5.74) is 2.20. The van der Waals surface area contributed by atoms with Gasteiger partial charge in [0.05, 0.1) is 12.1 Å². The Bertz CT molecular complexity index is 470. The van der Waals surface area contributed by atoms with E-state index in [0.29, 0.717) is 0 Å². The number of nitrogens with one attached hydrogen (secondary N) is 1. The van der Waals surface area contributed by atoms with Gasteiger partial charge in [-0.2, -0.15) is 0 Å². The van der Waals surface area contributed by atoms with E-state index in [0.717, 1.165) is 37.3 Å². The van der Waals surface area contributed by atoms with E-state index in [1.54, 1.807) is 7.11 Å². The van der Waals surface area contributed by atoms with Gasteiger partial charge in [-0.05, 0) is 12.1 Å². The molecule has 2 aromatic rings. The first kappa shape index (κ1) is 12.0. The molecule has 90 valence electrons. The zero-order chi connectivity index (χ0) is 11.9. The largest absolute Gasteiger partial charge is 0.383 e. The van der Waals surface area contributed by atoms with E-state index in [1.807, 2.05) is 12.1 Å². The van der Waals surface area contributed by atoms with Gasteiger partial charge in [-0.25, -0.2) is 0 Å². The Kier molecular flexibility index (Phi) is 4.47. The molecule has 0 aliphatic heterocycles. The quantitative estimate of drug-likeness (QED) is 0.771. The van der Waals surface area contributed by atoms with Gasteiger partial charge in [-0.15, -0.1) is 0 Å². The first-order valence-electron chi connectivity index (χ1n) is 5.94. The molecule has 3 nitrogen and oxygen atoms in total. The van der Waals surface area contributed by atoms with E-state index in [-0.39, 0.29) is 0 Å². The molecule has 0 saturated heterocycles. The number of para-hydroxylation sites is 1. The predicted molar refractivity (Wildman–Crippen MR) is 70.2 cm³/mol. The van der Waals surface area contributed by atoms with Gasteiger partial charge in [-0.3, -0.25) is 4.98 Å². The molecule has 0 spiro atoms. The number of nitrogens with zero attached hydrogens (tertiary/aromatic N) is 1. The van der Waals surface area contributed by atoms with Gasteiger partial charge in [0.1, 0.15) is 0 Å². The highest BCUT2D eigenvalue weighted by Crippen LogP contribution is 2.11. The molecule has 1 aromatic heterocycles. The molecule has 0 fully saturated rings. The Morgan fingerprint density at radius 1 is 1.12 bits per heavy atom. The topological polar surface area (TPSA) is 34.1 Å². The lowest BCUT2D eigenvalue weighted by molar-refractivity contribution is 0.199. The average Bonchev–Trinajstić information content (AvgIpc) is 2.38. The van der Waals surface area contributed by atoms with Crippen molar-refractivity contribution in [3.8, 4) is 0 Å². The minimum atomic E-state index is 0.755. The van der Waals surface area contributed by atoms with Crippen molar-refractivity contribution in [3.05, 3.63) is 42.1 Å². The van der Waals surface area contributed by atoms with Gasteiger partial charge in [0.2, 0.25) is 0 Å². The zero-order valence-electron chi connectivity index (χ0n) is 10.1. The standard InChI is InChI=1S/C14H18N2O/c1-17-11-10-15-9-8-13-7-6-12-4-2-3-5-14(12)16-13/h2-7,15H,8-11H2,1H3. The van der Waals surface area contributed by atoms with E-state index in [4.69, 9.17) is 4.74 Å². The summed E-state index contributed by atoms with van der Waals surface area (Å²) in [5.74, 6) is 0. The number of methoxy groups -OCH3 is 1.